The van der Waals surface area contributed by atoms with Gasteiger partial charge in [-0.25, -0.2) is 9.07 Å². The summed E-state index contributed by atoms with van der Waals surface area (Å²) < 4.78 is 14.8. The molecule has 3 N–H and O–H groups in total. The van der Waals surface area contributed by atoms with Crippen molar-refractivity contribution in [3.8, 4) is 5.69 Å². The van der Waals surface area contributed by atoms with E-state index < -0.39 is 0 Å². The standard InChI is InChI=1S/C18H23FN4O/c1-2-17-16(18(24)22-14-7-5-13(20)6-8-14)11-21-23(17)15-9-3-12(19)4-10-15/h3-4,9-11,13-14H,2,5-8,20H2,1H3,(H,22,24). The maximum Gasteiger partial charge on any atom is 0.254 e. The minimum Gasteiger partial charge on any atom is -0.349 e. The van der Waals surface area contributed by atoms with Gasteiger partial charge in [-0.3, -0.25) is 4.79 Å². The first-order valence-corrected chi connectivity index (χ1v) is 8.47. The molecule has 2 aromatic rings. The molecule has 6 heteroatoms. The van der Waals surface area contributed by atoms with Crippen LogP contribution in [0.3, 0.4) is 0 Å². The fourth-order valence-corrected chi connectivity index (χ4v) is 3.24. The fourth-order valence-electron chi connectivity index (χ4n) is 3.24. The number of nitrogens with one attached hydrogen (secondary N) is 1. The summed E-state index contributed by atoms with van der Waals surface area (Å²) in [5, 5.41) is 7.42. The predicted octanol–water partition coefficient (Wildman–Crippen LogP) is 2.57. The third-order valence-electron chi connectivity index (χ3n) is 4.63. The second-order valence-electron chi connectivity index (χ2n) is 6.33. The maximum atomic E-state index is 13.1. The Morgan fingerprint density at radius 3 is 2.58 bits per heavy atom. The molecule has 1 saturated carbocycles. The average molecular weight is 330 g/mol. The molecule has 0 unspecified atom stereocenters. The number of aromatic nitrogens is 2. The van der Waals surface area contributed by atoms with E-state index in [1.807, 2.05) is 6.92 Å². The van der Waals surface area contributed by atoms with Gasteiger partial charge in [0, 0.05) is 12.1 Å². The van der Waals surface area contributed by atoms with E-state index in [2.05, 4.69) is 10.4 Å². The average Bonchev–Trinajstić information content (AvgIpc) is 3.01. The summed E-state index contributed by atoms with van der Waals surface area (Å²) >= 11 is 0. The van der Waals surface area contributed by atoms with E-state index in [0.717, 1.165) is 37.1 Å². The Balaban J connectivity index is 1.78. The van der Waals surface area contributed by atoms with Crippen LogP contribution >= 0.6 is 0 Å². The number of rotatable bonds is 4. The first-order chi connectivity index (χ1) is 11.6. The van der Waals surface area contributed by atoms with Crippen LogP contribution in [0.2, 0.25) is 0 Å². The molecular formula is C18H23FN4O. The molecule has 1 aromatic carbocycles. The zero-order chi connectivity index (χ0) is 17.1. The van der Waals surface area contributed by atoms with Gasteiger partial charge in [0.05, 0.1) is 23.1 Å². The summed E-state index contributed by atoms with van der Waals surface area (Å²) in [6.07, 6.45) is 5.98. The molecule has 3 rings (SSSR count). The van der Waals surface area contributed by atoms with Gasteiger partial charge in [-0.1, -0.05) is 6.92 Å². The summed E-state index contributed by atoms with van der Waals surface area (Å²) in [7, 11) is 0. The highest BCUT2D eigenvalue weighted by Gasteiger charge is 2.23. The highest BCUT2D eigenvalue weighted by molar-refractivity contribution is 5.95. The van der Waals surface area contributed by atoms with Crippen molar-refractivity contribution in [3.63, 3.8) is 0 Å². The van der Waals surface area contributed by atoms with Gasteiger partial charge in [0.1, 0.15) is 5.82 Å². The van der Waals surface area contributed by atoms with Gasteiger partial charge >= 0.3 is 0 Å². The molecule has 0 bridgehead atoms. The molecule has 0 spiro atoms. The van der Waals surface area contributed by atoms with Crippen molar-refractivity contribution in [2.45, 2.75) is 51.1 Å². The van der Waals surface area contributed by atoms with Gasteiger partial charge in [-0.2, -0.15) is 5.10 Å². The van der Waals surface area contributed by atoms with E-state index in [9.17, 15) is 9.18 Å². The number of halogens is 1. The van der Waals surface area contributed by atoms with Crippen molar-refractivity contribution in [2.75, 3.05) is 0 Å². The lowest BCUT2D eigenvalue weighted by molar-refractivity contribution is 0.0925. The Morgan fingerprint density at radius 2 is 1.96 bits per heavy atom. The van der Waals surface area contributed by atoms with Gasteiger partial charge in [0.25, 0.3) is 5.91 Å². The summed E-state index contributed by atoms with van der Waals surface area (Å²) in [5.41, 5.74) is 8.06. The zero-order valence-corrected chi connectivity index (χ0v) is 13.8. The lowest BCUT2D eigenvalue weighted by atomic mass is 9.91. The summed E-state index contributed by atoms with van der Waals surface area (Å²) in [4.78, 5) is 12.6. The largest absolute Gasteiger partial charge is 0.349 e. The van der Waals surface area contributed by atoms with Crippen molar-refractivity contribution < 1.29 is 9.18 Å². The van der Waals surface area contributed by atoms with Crippen LogP contribution in [-0.4, -0.2) is 27.8 Å². The first kappa shape index (κ1) is 16.6. The summed E-state index contributed by atoms with van der Waals surface area (Å²) in [6, 6.07) is 6.53. The third kappa shape index (κ3) is 3.48. The quantitative estimate of drug-likeness (QED) is 0.905. The summed E-state index contributed by atoms with van der Waals surface area (Å²) in [6.45, 7) is 1.98. The number of hydrogen-bond acceptors (Lipinski definition) is 3. The number of carbonyl (C=O) groups is 1. The van der Waals surface area contributed by atoms with Crippen LogP contribution in [-0.2, 0) is 6.42 Å². The molecule has 128 valence electrons. The molecule has 1 aromatic heterocycles. The van der Waals surface area contributed by atoms with E-state index >= 15 is 0 Å². The molecule has 5 nitrogen and oxygen atoms in total. The normalized spacial score (nSPS) is 20.8. The molecule has 24 heavy (non-hydrogen) atoms. The van der Waals surface area contributed by atoms with Crippen molar-refractivity contribution >= 4 is 5.91 Å². The van der Waals surface area contributed by atoms with Crippen LogP contribution in [0.4, 0.5) is 4.39 Å². The number of amides is 1. The molecule has 0 saturated heterocycles. The van der Waals surface area contributed by atoms with Gasteiger partial charge < -0.3 is 11.1 Å². The number of nitrogens with two attached hydrogens (primary N) is 1. The maximum absolute atomic E-state index is 13.1. The van der Waals surface area contributed by atoms with Crippen LogP contribution in [0.1, 0.15) is 48.7 Å². The van der Waals surface area contributed by atoms with Crippen LogP contribution in [0, 0.1) is 5.82 Å². The molecule has 1 fully saturated rings. The highest BCUT2D eigenvalue weighted by Crippen LogP contribution is 2.20. The van der Waals surface area contributed by atoms with Gasteiger partial charge in [0.15, 0.2) is 0 Å². The Labute approximate surface area is 141 Å². The van der Waals surface area contributed by atoms with Crippen LogP contribution in [0.15, 0.2) is 30.5 Å². The summed E-state index contributed by atoms with van der Waals surface area (Å²) in [5.74, 6) is -0.391. The number of hydrogen-bond donors (Lipinski definition) is 2. The van der Waals surface area contributed by atoms with Crippen molar-refractivity contribution in [3.05, 3.63) is 47.5 Å². The second kappa shape index (κ2) is 7.13. The lowest BCUT2D eigenvalue weighted by Crippen LogP contribution is -2.40. The molecule has 1 aliphatic carbocycles. The molecule has 0 radical (unpaired) electrons. The second-order valence-corrected chi connectivity index (χ2v) is 6.33. The smallest absolute Gasteiger partial charge is 0.254 e. The van der Waals surface area contributed by atoms with Crippen molar-refractivity contribution in [2.24, 2.45) is 5.73 Å². The number of benzene rings is 1. The van der Waals surface area contributed by atoms with E-state index in [-0.39, 0.29) is 23.8 Å². The van der Waals surface area contributed by atoms with Crippen LogP contribution in [0.25, 0.3) is 5.69 Å². The molecule has 1 heterocycles. The van der Waals surface area contributed by atoms with E-state index in [1.165, 1.54) is 12.1 Å². The number of carbonyl (C=O) groups excluding carboxylic acids is 1. The van der Waals surface area contributed by atoms with Gasteiger partial charge in [0.2, 0.25) is 0 Å². The first-order valence-electron chi connectivity index (χ1n) is 8.47. The Morgan fingerprint density at radius 1 is 1.29 bits per heavy atom. The molecular weight excluding hydrogens is 307 g/mol. The Kier molecular flexibility index (Phi) is 4.94. The fraction of sp³-hybridized carbons (Fsp3) is 0.444. The minimum atomic E-state index is -0.294. The van der Waals surface area contributed by atoms with E-state index in [1.54, 1.807) is 23.0 Å². The Bertz CT molecular complexity index is 702. The van der Waals surface area contributed by atoms with Crippen molar-refractivity contribution in [1.82, 2.24) is 15.1 Å². The van der Waals surface area contributed by atoms with E-state index in [4.69, 9.17) is 5.73 Å². The van der Waals surface area contributed by atoms with Crippen molar-refractivity contribution in [1.29, 1.82) is 0 Å². The molecule has 1 aliphatic rings. The topological polar surface area (TPSA) is 72.9 Å². The zero-order valence-electron chi connectivity index (χ0n) is 13.8. The molecule has 0 atom stereocenters. The van der Waals surface area contributed by atoms with Crippen LogP contribution in [0.5, 0.6) is 0 Å². The lowest BCUT2D eigenvalue weighted by Gasteiger charge is -2.26. The molecule has 1 amide bonds. The SMILES string of the molecule is CCc1c(C(=O)NC2CCC(N)CC2)cnn1-c1ccc(F)cc1. The third-order valence-corrected chi connectivity index (χ3v) is 4.63. The molecule has 0 aliphatic heterocycles. The van der Waals surface area contributed by atoms with Crippen LogP contribution < -0.4 is 11.1 Å². The minimum absolute atomic E-state index is 0.0966. The number of nitrogens with zero attached hydrogens (tertiary/aromatic N) is 2. The van der Waals surface area contributed by atoms with E-state index in [0.29, 0.717) is 12.0 Å². The van der Waals surface area contributed by atoms with Gasteiger partial charge in [-0.05, 0) is 56.4 Å². The van der Waals surface area contributed by atoms with Gasteiger partial charge in [-0.15, -0.1) is 0 Å². The highest BCUT2D eigenvalue weighted by atomic mass is 19.1. The predicted molar refractivity (Wildman–Crippen MR) is 90.6 cm³/mol. The monoisotopic (exact) mass is 330 g/mol. The Hall–Kier alpha value is -2.21.